The Balaban J connectivity index is 0.000000225. The van der Waals surface area contributed by atoms with Crippen molar-refractivity contribution in [2.45, 2.75) is 79.7 Å². The number of hydrogen-bond acceptors (Lipinski definition) is 2. The van der Waals surface area contributed by atoms with Crippen LogP contribution >= 0.6 is 0 Å². The molecule has 3 aromatic heterocycles. The largest absolute Gasteiger partial charge is 0.440 e. The van der Waals surface area contributed by atoms with Gasteiger partial charge in [-0.25, -0.2) is 4.98 Å². The van der Waals surface area contributed by atoms with Crippen molar-refractivity contribution >= 4 is 0 Å². The van der Waals surface area contributed by atoms with Crippen LogP contribution in [0.5, 0.6) is 0 Å². The molecule has 5 rings (SSSR count). The van der Waals surface area contributed by atoms with Gasteiger partial charge in [0.2, 0.25) is 6.33 Å². The van der Waals surface area contributed by atoms with Crippen LogP contribution < -0.4 is 9.55 Å². The quantitative estimate of drug-likeness (QED) is 0.137. The molecule has 0 saturated carbocycles. The summed E-state index contributed by atoms with van der Waals surface area (Å²) in [5, 5.41) is 0. The molecule has 2 aromatic carbocycles. The smallest absolute Gasteiger partial charge is 0.242 e. The zero-order valence-electron chi connectivity index (χ0n) is 25.7. The van der Waals surface area contributed by atoms with E-state index in [1.165, 1.54) is 16.8 Å². The van der Waals surface area contributed by atoms with Crippen LogP contribution in [-0.2, 0) is 26.6 Å². The summed E-state index contributed by atoms with van der Waals surface area (Å²) in [4.78, 5) is 13.1. The maximum atomic E-state index is 4.47. The summed E-state index contributed by atoms with van der Waals surface area (Å²) in [5.74, 6) is 2.33. The average Bonchev–Trinajstić information content (AvgIpc) is 3.70. The SMILES string of the molecule is CC(C)(C)C(C)(C)n1[c-][n+](-c2[c-]cccc2)cc1.CC(C)c1cccc(C(C)C)c1-n1ccnc1-c1ncc[n-]1.[Pt]. The third kappa shape index (κ3) is 6.98. The summed E-state index contributed by atoms with van der Waals surface area (Å²) in [6.45, 7) is 20.1. The number of aromatic nitrogens is 6. The standard InChI is InChI=1S/C18H21N4.C16H21N2.Pt/c1-12(2)14-6-5-7-15(13(3)4)16(14)22-11-10-21-18(22)17-19-8-9-20-17;1-15(2,3)16(4,5)18-12-11-17(13-18)14-9-7-6-8-10-14;/h5-13H,1-4H3;6-9,11-12H,1-5H3;/q2*-1;. The molecule has 0 fully saturated rings. The monoisotopic (exact) mass is 729 g/mol. The summed E-state index contributed by atoms with van der Waals surface area (Å²) >= 11 is 0. The van der Waals surface area contributed by atoms with Gasteiger partial charge < -0.3 is 19.1 Å². The molecule has 0 aliphatic rings. The van der Waals surface area contributed by atoms with Crippen LogP contribution in [0.25, 0.3) is 23.0 Å². The Hall–Kier alpha value is -3.24. The average molecular weight is 730 g/mol. The summed E-state index contributed by atoms with van der Waals surface area (Å²) in [6.07, 6.45) is 14.7. The van der Waals surface area contributed by atoms with Crippen molar-refractivity contribution in [1.29, 1.82) is 0 Å². The molecule has 0 unspecified atom stereocenters. The Bertz CT molecular complexity index is 1480. The molecule has 41 heavy (non-hydrogen) atoms. The minimum atomic E-state index is 0. The van der Waals surface area contributed by atoms with E-state index in [9.17, 15) is 0 Å². The molecular formula is C34H42N6Pt-2. The zero-order valence-corrected chi connectivity index (χ0v) is 27.9. The number of benzene rings is 2. The molecule has 0 atom stereocenters. The molecule has 5 aromatic rings. The van der Waals surface area contributed by atoms with Crippen molar-refractivity contribution in [3.8, 4) is 23.0 Å². The molecule has 0 radical (unpaired) electrons. The van der Waals surface area contributed by atoms with E-state index in [0.717, 1.165) is 11.5 Å². The molecule has 7 heteroatoms. The maximum Gasteiger partial charge on any atom is 0.242 e. The fourth-order valence-electron chi connectivity index (χ4n) is 4.45. The molecule has 6 nitrogen and oxygen atoms in total. The van der Waals surface area contributed by atoms with Gasteiger partial charge in [0.15, 0.2) is 0 Å². The molecule has 0 spiro atoms. The topological polar surface area (TPSA) is 53.6 Å². The second kappa shape index (κ2) is 13.2. The normalized spacial score (nSPS) is 11.8. The van der Waals surface area contributed by atoms with E-state index in [-0.39, 0.29) is 32.0 Å². The first kappa shape index (κ1) is 32.3. The first-order valence-electron chi connectivity index (χ1n) is 14.0. The van der Waals surface area contributed by atoms with Crippen molar-refractivity contribution in [2.75, 3.05) is 0 Å². The van der Waals surface area contributed by atoms with E-state index in [0.29, 0.717) is 17.7 Å². The van der Waals surface area contributed by atoms with Gasteiger partial charge in [-0.3, -0.25) is 4.57 Å². The van der Waals surface area contributed by atoms with Crippen molar-refractivity contribution in [3.63, 3.8) is 0 Å². The first-order chi connectivity index (χ1) is 18.9. The third-order valence-electron chi connectivity index (χ3n) is 7.85. The summed E-state index contributed by atoms with van der Waals surface area (Å²) in [6, 6.07) is 17.7. The summed E-state index contributed by atoms with van der Waals surface area (Å²) in [7, 11) is 0. The Labute approximate surface area is 260 Å². The molecule has 0 amide bonds. The van der Waals surface area contributed by atoms with Crippen LogP contribution in [0.1, 0.15) is 85.3 Å². The van der Waals surface area contributed by atoms with Crippen LogP contribution in [0, 0.1) is 17.8 Å². The van der Waals surface area contributed by atoms with Crippen LogP contribution in [0.2, 0.25) is 0 Å². The molecule has 0 saturated heterocycles. The van der Waals surface area contributed by atoms with Gasteiger partial charge in [-0.15, -0.1) is 0 Å². The van der Waals surface area contributed by atoms with Gasteiger partial charge in [0, 0.05) is 51.3 Å². The first-order valence-corrected chi connectivity index (χ1v) is 14.0. The van der Waals surface area contributed by atoms with Crippen molar-refractivity contribution in [2.24, 2.45) is 5.41 Å². The number of nitrogens with zero attached hydrogens (tertiary/aromatic N) is 6. The zero-order chi connectivity index (χ0) is 29.1. The number of para-hydroxylation sites is 2. The van der Waals surface area contributed by atoms with E-state index in [2.05, 4.69) is 123 Å². The van der Waals surface area contributed by atoms with Gasteiger partial charge in [0.25, 0.3) is 0 Å². The van der Waals surface area contributed by atoms with E-state index in [1.54, 1.807) is 12.4 Å². The van der Waals surface area contributed by atoms with Gasteiger partial charge >= 0.3 is 0 Å². The third-order valence-corrected chi connectivity index (χ3v) is 7.85. The second-order valence-electron chi connectivity index (χ2n) is 12.3. The molecule has 0 N–H and O–H groups in total. The van der Waals surface area contributed by atoms with Crippen molar-refractivity contribution in [3.05, 3.63) is 103 Å². The molecule has 0 aliphatic carbocycles. The number of hydrogen-bond donors (Lipinski definition) is 0. The molecule has 0 bridgehead atoms. The fourth-order valence-corrected chi connectivity index (χ4v) is 4.45. The fraction of sp³-hybridized carbons (Fsp3) is 0.382. The van der Waals surface area contributed by atoms with Gasteiger partial charge in [-0.1, -0.05) is 84.7 Å². The van der Waals surface area contributed by atoms with Gasteiger partial charge in [0.1, 0.15) is 5.82 Å². The molecule has 3 heterocycles. The van der Waals surface area contributed by atoms with Gasteiger partial charge in [0.05, 0.1) is 11.2 Å². The molecule has 220 valence electrons. The van der Waals surface area contributed by atoms with Gasteiger partial charge in [-0.05, 0) is 42.6 Å². The van der Waals surface area contributed by atoms with E-state index in [4.69, 9.17) is 0 Å². The van der Waals surface area contributed by atoms with Crippen LogP contribution in [-0.4, -0.2) is 19.1 Å². The van der Waals surface area contributed by atoms with E-state index >= 15 is 0 Å². The molecule has 0 aliphatic heterocycles. The van der Waals surface area contributed by atoms with Crippen molar-refractivity contribution < 1.29 is 25.6 Å². The van der Waals surface area contributed by atoms with Crippen LogP contribution in [0.3, 0.4) is 0 Å². The number of rotatable bonds is 6. The second-order valence-corrected chi connectivity index (χ2v) is 12.3. The maximum absolute atomic E-state index is 4.47. The summed E-state index contributed by atoms with van der Waals surface area (Å²) in [5.41, 5.74) is 5.04. The Morgan fingerprint density at radius 3 is 2.07 bits per heavy atom. The summed E-state index contributed by atoms with van der Waals surface area (Å²) < 4.78 is 6.25. The Morgan fingerprint density at radius 2 is 1.54 bits per heavy atom. The van der Waals surface area contributed by atoms with E-state index in [1.807, 2.05) is 47.4 Å². The van der Waals surface area contributed by atoms with Crippen molar-refractivity contribution in [1.82, 2.24) is 24.1 Å². The van der Waals surface area contributed by atoms with Crippen LogP contribution in [0.15, 0.2) is 79.6 Å². The predicted molar refractivity (Wildman–Crippen MR) is 161 cm³/mol. The molecular weight excluding hydrogens is 687 g/mol. The Morgan fingerprint density at radius 1 is 0.854 bits per heavy atom. The Kier molecular flexibility index (Phi) is 10.4. The number of imidazole rings is 3. The predicted octanol–water partition coefficient (Wildman–Crippen LogP) is 7.28. The van der Waals surface area contributed by atoms with Gasteiger partial charge in [-0.2, -0.15) is 30.3 Å². The minimum absolute atomic E-state index is 0. The minimum Gasteiger partial charge on any atom is -0.440 e. The van der Waals surface area contributed by atoms with Crippen LogP contribution in [0.4, 0.5) is 0 Å². The van der Waals surface area contributed by atoms with E-state index < -0.39 is 0 Å².